The van der Waals surface area contributed by atoms with Gasteiger partial charge in [0.15, 0.2) is 0 Å². The number of likely N-dealkylation sites (tertiary alicyclic amines) is 1. The Labute approximate surface area is 218 Å². The number of nitrogens with zero attached hydrogens (tertiary/aromatic N) is 2. The van der Waals surface area contributed by atoms with Gasteiger partial charge in [0.05, 0.1) is 23.6 Å². The van der Waals surface area contributed by atoms with Crippen molar-refractivity contribution in [2.24, 2.45) is 17.1 Å². The van der Waals surface area contributed by atoms with Crippen molar-refractivity contribution in [1.82, 2.24) is 9.88 Å². The Morgan fingerprint density at radius 2 is 1.95 bits per heavy atom. The van der Waals surface area contributed by atoms with E-state index in [1.165, 1.54) is 0 Å². The number of para-hydroxylation sites is 1. The summed E-state index contributed by atoms with van der Waals surface area (Å²) in [7, 11) is 0. The van der Waals surface area contributed by atoms with Crippen LogP contribution in [0.1, 0.15) is 43.0 Å². The molecule has 0 radical (unpaired) electrons. The normalized spacial score (nSPS) is 23.2. The quantitative estimate of drug-likeness (QED) is 0.419. The number of aryl methyl sites for hydroxylation is 1. The van der Waals surface area contributed by atoms with Gasteiger partial charge < -0.3 is 15.2 Å². The zero-order valence-corrected chi connectivity index (χ0v) is 21.6. The number of rotatable bonds is 10. The number of esters is 1. The second kappa shape index (κ2) is 10.5. The topological polar surface area (TPSA) is 94.8 Å². The Kier molecular flexibility index (Phi) is 7.15. The number of benzene rings is 2. The maximum Gasteiger partial charge on any atom is 0.312 e. The van der Waals surface area contributed by atoms with Gasteiger partial charge in [-0.25, -0.2) is 0 Å². The van der Waals surface area contributed by atoms with Crippen LogP contribution in [0.2, 0.25) is 0 Å². The average molecular weight is 502 g/mol. The van der Waals surface area contributed by atoms with E-state index in [1.807, 2.05) is 56.3 Å². The molecule has 0 spiro atoms. The Morgan fingerprint density at radius 3 is 2.70 bits per heavy atom. The summed E-state index contributed by atoms with van der Waals surface area (Å²) in [5.74, 6) is 0.521. The molecular formula is C30H35N3O4. The molecule has 2 aliphatic rings. The van der Waals surface area contributed by atoms with E-state index in [0.717, 1.165) is 59.3 Å². The fraction of sp³-hybridized carbons (Fsp3) is 0.433. The van der Waals surface area contributed by atoms with Gasteiger partial charge in [-0.3, -0.25) is 19.5 Å². The standard InChI is InChI=1S/C30H35N3O4/c1-3-36-29(35)30(17-23(30)18-33-14-6-9-27(33)28(31)34)16-21-10-12-24(13-11-21)37-19-22-15-20(2)32-26-8-5-4-7-25(22)26/h4-5,7-8,10-13,15,23,27H,3,6,9,14,16-19H2,1-2H3,(H2,31,34)/t23-,27+,30+/m1/s1. The van der Waals surface area contributed by atoms with Gasteiger partial charge in [0.1, 0.15) is 12.4 Å². The third-order valence-electron chi connectivity index (χ3n) is 7.83. The summed E-state index contributed by atoms with van der Waals surface area (Å²) in [4.78, 5) is 31.6. The van der Waals surface area contributed by atoms with Crippen LogP contribution in [0.15, 0.2) is 54.6 Å². The first kappa shape index (κ1) is 25.2. The van der Waals surface area contributed by atoms with E-state index in [-0.39, 0.29) is 23.8 Å². The van der Waals surface area contributed by atoms with Gasteiger partial charge >= 0.3 is 5.97 Å². The highest BCUT2D eigenvalue weighted by atomic mass is 16.5. The molecule has 2 aromatic carbocycles. The number of hydrogen-bond acceptors (Lipinski definition) is 6. The van der Waals surface area contributed by atoms with Crippen LogP contribution < -0.4 is 10.5 Å². The third kappa shape index (κ3) is 5.32. The third-order valence-corrected chi connectivity index (χ3v) is 7.83. The van der Waals surface area contributed by atoms with E-state index in [2.05, 4.69) is 22.0 Å². The summed E-state index contributed by atoms with van der Waals surface area (Å²) in [5, 5.41) is 1.09. The van der Waals surface area contributed by atoms with Crippen LogP contribution in [-0.2, 0) is 27.4 Å². The lowest BCUT2D eigenvalue weighted by Crippen LogP contribution is -2.42. The van der Waals surface area contributed by atoms with Crippen LogP contribution in [0.3, 0.4) is 0 Å². The van der Waals surface area contributed by atoms with Crippen LogP contribution in [0.25, 0.3) is 10.9 Å². The monoisotopic (exact) mass is 501 g/mol. The van der Waals surface area contributed by atoms with Gasteiger partial charge in [0.2, 0.25) is 5.91 Å². The number of pyridine rings is 1. The molecule has 2 N–H and O–H groups in total. The van der Waals surface area contributed by atoms with Crippen molar-refractivity contribution >= 4 is 22.8 Å². The zero-order valence-electron chi connectivity index (χ0n) is 21.6. The molecule has 7 nitrogen and oxygen atoms in total. The molecule has 1 aromatic heterocycles. The number of ether oxygens (including phenoxy) is 2. The van der Waals surface area contributed by atoms with Crippen molar-refractivity contribution in [2.45, 2.75) is 52.2 Å². The highest BCUT2D eigenvalue weighted by Gasteiger charge is 2.61. The van der Waals surface area contributed by atoms with Crippen LogP contribution in [0.4, 0.5) is 0 Å². The summed E-state index contributed by atoms with van der Waals surface area (Å²) in [6.07, 6.45) is 3.13. The molecule has 1 aliphatic heterocycles. The maximum atomic E-state index is 13.0. The molecule has 0 unspecified atom stereocenters. The van der Waals surface area contributed by atoms with E-state index in [9.17, 15) is 9.59 Å². The fourth-order valence-electron chi connectivity index (χ4n) is 5.83. The molecule has 7 heteroatoms. The van der Waals surface area contributed by atoms with Gasteiger partial charge in [-0.05, 0) is 81.8 Å². The minimum absolute atomic E-state index is 0.143. The maximum absolute atomic E-state index is 13.0. The van der Waals surface area contributed by atoms with Crippen LogP contribution in [-0.4, -0.2) is 47.5 Å². The van der Waals surface area contributed by atoms with Gasteiger partial charge in [0.25, 0.3) is 0 Å². The van der Waals surface area contributed by atoms with E-state index < -0.39 is 5.41 Å². The number of primary amides is 1. The van der Waals surface area contributed by atoms with Crippen LogP contribution >= 0.6 is 0 Å². The largest absolute Gasteiger partial charge is 0.489 e. The second-order valence-electron chi connectivity index (χ2n) is 10.4. The van der Waals surface area contributed by atoms with Crippen molar-refractivity contribution in [3.05, 3.63) is 71.4 Å². The molecule has 0 bridgehead atoms. The minimum Gasteiger partial charge on any atom is -0.489 e. The number of carbonyl (C=O) groups is 2. The van der Waals surface area contributed by atoms with Gasteiger partial charge in [-0.15, -0.1) is 0 Å². The Morgan fingerprint density at radius 1 is 1.16 bits per heavy atom. The lowest BCUT2D eigenvalue weighted by atomic mass is 9.93. The van der Waals surface area contributed by atoms with Crippen molar-refractivity contribution < 1.29 is 19.1 Å². The Balaban J connectivity index is 1.25. The molecule has 37 heavy (non-hydrogen) atoms. The first-order chi connectivity index (χ1) is 17.9. The molecule has 1 saturated carbocycles. The van der Waals surface area contributed by atoms with Gasteiger partial charge in [0, 0.05) is 23.2 Å². The zero-order chi connectivity index (χ0) is 26.0. The summed E-state index contributed by atoms with van der Waals surface area (Å²) in [6.45, 7) is 6.19. The fourth-order valence-corrected chi connectivity index (χ4v) is 5.83. The average Bonchev–Trinajstić information content (AvgIpc) is 3.35. The first-order valence-electron chi connectivity index (χ1n) is 13.2. The number of hydrogen-bond donors (Lipinski definition) is 1. The highest BCUT2D eigenvalue weighted by molar-refractivity contribution is 5.83. The number of amides is 1. The molecule has 3 aromatic rings. The van der Waals surface area contributed by atoms with Crippen LogP contribution in [0, 0.1) is 18.3 Å². The molecular weight excluding hydrogens is 466 g/mol. The Hall–Kier alpha value is -3.45. The number of carbonyl (C=O) groups excluding carboxylic acids is 2. The Bertz CT molecular complexity index is 1290. The van der Waals surface area contributed by atoms with E-state index in [0.29, 0.717) is 26.2 Å². The summed E-state index contributed by atoms with van der Waals surface area (Å²) in [6, 6.07) is 17.9. The van der Waals surface area contributed by atoms with E-state index >= 15 is 0 Å². The first-order valence-corrected chi connectivity index (χ1v) is 13.2. The second-order valence-corrected chi connectivity index (χ2v) is 10.4. The van der Waals surface area contributed by atoms with Crippen molar-refractivity contribution in [2.75, 3.05) is 19.7 Å². The van der Waals surface area contributed by atoms with E-state index in [1.54, 1.807) is 0 Å². The number of nitrogens with two attached hydrogens (primary N) is 1. The van der Waals surface area contributed by atoms with Gasteiger partial charge in [-0.2, -0.15) is 0 Å². The molecule has 3 atom stereocenters. The molecule has 1 amide bonds. The molecule has 2 fully saturated rings. The number of aromatic nitrogens is 1. The van der Waals surface area contributed by atoms with Crippen molar-refractivity contribution in [3.63, 3.8) is 0 Å². The number of fused-ring (bicyclic) bond motifs is 1. The lowest BCUT2D eigenvalue weighted by molar-refractivity contribution is -0.150. The van der Waals surface area contributed by atoms with Gasteiger partial charge in [-0.1, -0.05) is 30.3 Å². The summed E-state index contributed by atoms with van der Waals surface area (Å²) >= 11 is 0. The van der Waals surface area contributed by atoms with E-state index in [4.69, 9.17) is 15.2 Å². The smallest absolute Gasteiger partial charge is 0.312 e. The minimum atomic E-state index is -0.545. The van der Waals surface area contributed by atoms with Crippen LogP contribution in [0.5, 0.6) is 5.75 Å². The molecule has 1 aliphatic carbocycles. The molecule has 194 valence electrons. The molecule has 2 heterocycles. The summed E-state index contributed by atoms with van der Waals surface area (Å²) in [5.41, 5.74) is 9.17. The van der Waals surface area contributed by atoms with Crippen molar-refractivity contribution in [1.29, 1.82) is 0 Å². The highest BCUT2D eigenvalue weighted by Crippen LogP contribution is 2.56. The molecule has 5 rings (SSSR count). The SMILES string of the molecule is CCOC(=O)[C@@]1(Cc2ccc(OCc3cc(C)nc4ccccc34)cc2)C[C@@H]1CN1CCC[C@H]1C(N)=O. The predicted octanol–water partition coefficient (Wildman–Crippen LogP) is 4.18. The summed E-state index contributed by atoms with van der Waals surface area (Å²) < 4.78 is 11.6. The predicted molar refractivity (Wildman–Crippen MR) is 142 cm³/mol. The van der Waals surface area contributed by atoms with Crippen molar-refractivity contribution in [3.8, 4) is 5.75 Å². The lowest BCUT2D eigenvalue weighted by Gasteiger charge is -2.24. The molecule has 1 saturated heterocycles.